The summed E-state index contributed by atoms with van der Waals surface area (Å²) in [4.78, 5) is 12.2. The molecule has 3 heteroatoms. The van der Waals surface area contributed by atoms with Gasteiger partial charge in [0, 0.05) is 17.8 Å². The average molecular weight is 244 g/mol. The van der Waals surface area contributed by atoms with Gasteiger partial charge >= 0.3 is 0 Å². The van der Waals surface area contributed by atoms with E-state index in [0.717, 1.165) is 21.7 Å². The standard InChI is InChI=1S/C14H10ClNO/c1-16-13-10(7-4-8-12(13)15)9-5-2-3-6-11(9)14(16)17/h2-8H,1H3. The highest BCUT2D eigenvalue weighted by molar-refractivity contribution is 6.35. The summed E-state index contributed by atoms with van der Waals surface area (Å²) in [5.41, 5.74) is 0.777. The van der Waals surface area contributed by atoms with Crippen molar-refractivity contribution >= 4 is 33.3 Å². The minimum atomic E-state index is -0.0128. The summed E-state index contributed by atoms with van der Waals surface area (Å²) >= 11 is 6.17. The summed E-state index contributed by atoms with van der Waals surface area (Å²) in [6.07, 6.45) is 0. The fourth-order valence-corrected chi connectivity index (χ4v) is 2.56. The number of hydrogen-bond donors (Lipinski definition) is 0. The molecule has 0 atom stereocenters. The quantitative estimate of drug-likeness (QED) is 0.555. The van der Waals surface area contributed by atoms with Crippen molar-refractivity contribution in [2.24, 2.45) is 7.05 Å². The predicted octanol–water partition coefficient (Wildman–Crippen LogP) is 3.35. The summed E-state index contributed by atoms with van der Waals surface area (Å²) in [6.45, 7) is 0. The van der Waals surface area contributed by atoms with Crippen LogP contribution in [0.4, 0.5) is 0 Å². The highest BCUT2D eigenvalue weighted by atomic mass is 35.5. The van der Waals surface area contributed by atoms with Crippen molar-refractivity contribution in [3.63, 3.8) is 0 Å². The van der Waals surface area contributed by atoms with Crippen molar-refractivity contribution in [3.05, 3.63) is 57.8 Å². The van der Waals surface area contributed by atoms with Gasteiger partial charge in [-0.3, -0.25) is 4.79 Å². The number of aromatic nitrogens is 1. The van der Waals surface area contributed by atoms with Gasteiger partial charge in [0.25, 0.3) is 5.56 Å². The number of benzene rings is 2. The fraction of sp³-hybridized carbons (Fsp3) is 0.0714. The Morgan fingerprint density at radius 1 is 0.941 bits per heavy atom. The second-order valence-corrected chi connectivity index (χ2v) is 4.45. The predicted molar refractivity (Wildman–Crippen MR) is 71.7 cm³/mol. The van der Waals surface area contributed by atoms with E-state index in [2.05, 4.69) is 0 Å². The average Bonchev–Trinajstić information content (AvgIpc) is 2.36. The third kappa shape index (κ3) is 1.38. The summed E-state index contributed by atoms with van der Waals surface area (Å²) in [5.74, 6) is 0. The molecule has 0 aliphatic carbocycles. The van der Waals surface area contributed by atoms with Crippen LogP contribution in [0, 0.1) is 0 Å². The lowest BCUT2D eigenvalue weighted by molar-refractivity contribution is 0.918. The first kappa shape index (κ1) is 10.4. The normalized spacial score (nSPS) is 11.2. The van der Waals surface area contributed by atoms with E-state index >= 15 is 0 Å². The van der Waals surface area contributed by atoms with Gasteiger partial charge in [0.15, 0.2) is 0 Å². The van der Waals surface area contributed by atoms with Crippen LogP contribution in [0.1, 0.15) is 0 Å². The Kier molecular flexibility index (Phi) is 2.20. The number of pyridine rings is 1. The Morgan fingerprint density at radius 3 is 2.35 bits per heavy atom. The van der Waals surface area contributed by atoms with E-state index in [9.17, 15) is 4.79 Å². The molecule has 0 amide bonds. The summed E-state index contributed by atoms with van der Waals surface area (Å²) < 4.78 is 1.61. The number of halogens is 1. The van der Waals surface area contributed by atoms with Crippen molar-refractivity contribution in [3.8, 4) is 0 Å². The molecule has 3 rings (SSSR count). The smallest absolute Gasteiger partial charge is 0.258 e. The minimum absolute atomic E-state index is 0.0128. The Labute approximate surface area is 103 Å². The number of nitrogens with zero attached hydrogens (tertiary/aromatic N) is 1. The summed E-state index contributed by atoms with van der Waals surface area (Å²) in [5, 5.41) is 3.29. The first-order chi connectivity index (χ1) is 8.20. The third-order valence-electron chi connectivity index (χ3n) is 3.07. The number of hydrogen-bond acceptors (Lipinski definition) is 1. The largest absolute Gasteiger partial charge is 0.309 e. The van der Waals surface area contributed by atoms with E-state index in [0.29, 0.717) is 5.02 Å². The van der Waals surface area contributed by atoms with Crippen molar-refractivity contribution in [2.75, 3.05) is 0 Å². The van der Waals surface area contributed by atoms with Gasteiger partial charge in [-0.15, -0.1) is 0 Å². The van der Waals surface area contributed by atoms with Crippen LogP contribution in [0.3, 0.4) is 0 Å². The molecule has 0 radical (unpaired) electrons. The SMILES string of the molecule is Cn1c(=O)c2ccccc2c2cccc(Cl)c21. The van der Waals surface area contributed by atoms with Crippen LogP contribution in [0.2, 0.25) is 5.02 Å². The van der Waals surface area contributed by atoms with Crippen molar-refractivity contribution in [2.45, 2.75) is 0 Å². The van der Waals surface area contributed by atoms with Gasteiger partial charge in [-0.2, -0.15) is 0 Å². The van der Waals surface area contributed by atoms with Gasteiger partial charge in [-0.1, -0.05) is 41.9 Å². The lowest BCUT2D eigenvalue weighted by Gasteiger charge is -2.09. The molecule has 0 bridgehead atoms. The van der Waals surface area contributed by atoms with Crippen molar-refractivity contribution in [1.29, 1.82) is 0 Å². The van der Waals surface area contributed by atoms with Crippen LogP contribution in [0.25, 0.3) is 21.7 Å². The molecule has 17 heavy (non-hydrogen) atoms. The van der Waals surface area contributed by atoms with Gasteiger partial charge in [-0.05, 0) is 17.5 Å². The van der Waals surface area contributed by atoms with E-state index in [-0.39, 0.29) is 5.56 Å². The Morgan fingerprint density at radius 2 is 1.59 bits per heavy atom. The first-order valence-corrected chi connectivity index (χ1v) is 5.74. The van der Waals surface area contributed by atoms with Crippen LogP contribution in [-0.4, -0.2) is 4.57 Å². The molecule has 0 saturated carbocycles. The molecule has 1 aromatic heterocycles. The maximum absolute atomic E-state index is 12.2. The maximum Gasteiger partial charge on any atom is 0.258 e. The zero-order valence-corrected chi connectivity index (χ0v) is 10.0. The lowest BCUT2D eigenvalue weighted by atomic mass is 10.1. The second kappa shape index (κ2) is 3.60. The fourth-order valence-electron chi connectivity index (χ4n) is 2.26. The highest BCUT2D eigenvalue weighted by Gasteiger charge is 2.09. The van der Waals surface area contributed by atoms with Crippen LogP contribution < -0.4 is 5.56 Å². The van der Waals surface area contributed by atoms with E-state index in [1.54, 1.807) is 17.7 Å². The summed E-state index contributed by atoms with van der Waals surface area (Å²) in [6, 6.07) is 13.3. The number of fused-ring (bicyclic) bond motifs is 3. The highest BCUT2D eigenvalue weighted by Crippen LogP contribution is 2.27. The third-order valence-corrected chi connectivity index (χ3v) is 3.38. The lowest BCUT2D eigenvalue weighted by Crippen LogP contribution is -2.17. The zero-order valence-electron chi connectivity index (χ0n) is 9.27. The molecule has 0 aliphatic rings. The van der Waals surface area contributed by atoms with E-state index in [4.69, 9.17) is 11.6 Å². The topological polar surface area (TPSA) is 22.0 Å². The molecule has 0 unspecified atom stereocenters. The monoisotopic (exact) mass is 243 g/mol. The van der Waals surface area contributed by atoms with Crippen molar-refractivity contribution < 1.29 is 0 Å². The zero-order chi connectivity index (χ0) is 12.0. The van der Waals surface area contributed by atoms with Crippen LogP contribution in [0.5, 0.6) is 0 Å². The van der Waals surface area contributed by atoms with Gasteiger partial charge in [-0.25, -0.2) is 0 Å². The van der Waals surface area contributed by atoms with Gasteiger partial charge in [0.2, 0.25) is 0 Å². The molecular formula is C14H10ClNO. The second-order valence-electron chi connectivity index (χ2n) is 4.05. The Hall–Kier alpha value is -1.80. The number of aryl methyl sites for hydroxylation is 1. The van der Waals surface area contributed by atoms with Crippen LogP contribution >= 0.6 is 11.6 Å². The molecule has 0 fully saturated rings. The van der Waals surface area contributed by atoms with Gasteiger partial charge in [0.05, 0.1) is 10.5 Å². The molecule has 2 aromatic carbocycles. The summed E-state index contributed by atoms with van der Waals surface area (Å²) in [7, 11) is 1.75. The van der Waals surface area contributed by atoms with E-state index < -0.39 is 0 Å². The molecule has 0 N–H and O–H groups in total. The molecule has 0 spiro atoms. The number of para-hydroxylation sites is 1. The molecule has 0 saturated heterocycles. The van der Waals surface area contributed by atoms with E-state index in [1.165, 1.54) is 0 Å². The number of rotatable bonds is 0. The van der Waals surface area contributed by atoms with E-state index in [1.807, 2.05) is 36.4 Å². The van der Waals surface area contributed by atoms with Gasteiger partial charge < -0.3 is 4.57 Å². The van der Waals surface area contributed by atoms with Crippen molar-refractivity contribution in [1.82, 2.24) is 4.57 Å². The molecular weight excluding hydrogens is 234 g/mol. The Bertz CT molecular complexity index is 789. The molecule has 2 nitrogen and oxygen atoms in total. The van der Waals surface area contributed by atoms with Crippen LogP contribution in [-0.2, 0) is 7.05 Å². The first-order valence-electron chi connectivity index (χ1n) is 5.36. The Balaban J connectivity index is 2.76. The minimum Gasteiger partial charge on any atom is -0.309 e. The molecule has 0 aliphatic heterocycles. The van der Waals surface area contributed by atoms with Crippen LogP contribution in [0.15, 0.2) is 47.3 Å². The molecule has 3 aromatic rings. The van der Waals surface area contributed by atoms with Gasteiger partial charge in [0.1, 0.15) is 0 Å². The molecule has 1 heterocycles. The maximum atomic E-state index is 12.2. The molecule has 84 valence electrons.